The van der Waals surface area contributed by atoms with Gasteiger partial charge >= 0.3 is 5.97 Å². The van der Waals surface area contributed by atoms with Gasteiger partial charge in [-0.05, 0) is 24.3 Å². The van der Waals surface area contributed by atoms with Crippen LogP contribution in [-0.2, 0) is 13.6 Å². The van der Waals surface area contributed by atoms with E-state index in [1.807, 2.05) is 19.3 Å². The number of nitrogens with zero attached hydrogens (tertiary/aromatic N) is 2. The fourth-order valence-electron chi connectivity index (χ4n) is 1.53. The Morgan fingerprint density at radius 3 is 2.83 bits per heavy atom. The largest absolute Gasteiger partial charge is 0.478 e. The summed E-state index contributed by atoms with van der Waals surface area (Å²) in [4.78, 5) is 10.8. The lowest BCUT2D eigenvalue weighted by atomic mass is 10.2. The number of halogens is 1. The third-order valence-corrected chi connectivity index (χ3v) is 2.76. The van der Waals surface area contributed by atoms with E-state index in [9.17, 15) is 4.79 Å². The summed E-state index contributed by atoms with van der Waals surface area (Å²) in [6.45, 7) is 0.535. The molecule has 0 saturated carbocycles. The SMILES string of the molecule is Cn1ccc(CNc2ccc(C(=O)O)cc2Cl)n1. The molecule has 0 fully saturated rings. The highest BCUT2D eigenvalue weighted by atomic mass is 35.5. The van der Waals surface area contributed by atoms with Crippen LogP contribution in [0, 0.1) is 0 Å². The van der Waals surface area contributed by atoms with E-state index in [2.05, 4.69) is 10.4 Å². The molecule has 1 aromatic heterocycles. The topological polar surface area (TPSA) is 67.2 Å². The summed E-state index contributed by atoms with van der Waals surface area (Å²) in [5.41, 5.74) is 1.74. The maximum atomic E-state index is 10.8. The highest BCUT2D eigenvalue weighted by Crippen LogP contribution is 2.23. The van der Waals surface area contributed by atoms with Crippen LogP contribution in [0.5, 0.6) is 0 Å². The van der Waals surface area contributed by atoms with E-state index in [0.29, 0.717) is 17.3 Å². The molecular weight excluding hydrogens is 254 g/mol. The molecule has 2 N–H and O–H groups in total. The maximum absolute atomic E-state index is 10.8. The van der Waals surface area contributed by atoms with E-state index in [4.69, 9.17) is 16.7 Å². The number of carboxylic acids is 1. The van der Waals surface area contributed by atoms with Gasteiger partial charge in [0.15, 0.2) is 0 Å². The number of aromatic carboxylic acids is 1. The maximum Gasteiger partial charge on any atom is 0.335 e. The van der Waals surface area contributed by atoms with Gasteiger partial charge in [-0.1, -0.05) is 11.6 Å². The minimum absolute atomic E-state index is 0.170. The molecule has 6 heteroatoms. The third-order valence-electron chi connectivity index (χ3n) is 2.44. The van der Waals surface area contributed by atoms with E-state index in [0.717, 1.165) is 5.69 Å². The number of aryl methyl sites for hydroxylation is 1. The van der Waals surface area contributed by atoms with Gasteiger partial charge in [-0.25, -0.2) is 4.79 Å². The quantitative estimate of drug-likeness (QED) is 0.891. The monoisotopic (exact) mass is 265 g/mol. The van der Waals surface area contributed by atoms with Gasteiger partial charge in [0.25, 0.3) is 0 Å². The average molecular weight is 266 g/mol. The second-order valence-electron chi connectivity index (χ2n) is 3.83. The van der Waals surface area contributed by atoms with Gasteiger partial charge in [-0.2, -0.15) is 5.10 Å². The van der Waals surface area contributed by atoms with E-state index in [-0.39, 0.29) is 5.56 Å². The van der Waals surface area contributed by atoms with Crippen LogP contribution in [-0.4, -0.2) is 20.9 Å². The van der Waals surface area contributed by atoms with Crippen LogP contribution in [0.15, 0.2) is 30.5 Å². The molecule has 18 heavy (non-hydrogen) atoms. The van der Waals surface area contributed by atoms with Crippen LogP contribution in [0.1, 0.15) is 16.1 Å². The van der Waals surface area contributed by atoms with Crippen molar-refractivity contribution in [3.63, 3.8) is 0 Å². The van der Waals surface area contributed by atoms with Crippen molar-refractivity contribution in [2.24, 2.45) is 7.05 Å². The Kier molecular flexibility index (Phi) is 3.53. The molecule has 0 saturated heterocycles. The number of hydrogen-bond donors (Lipinski definition) is 2. The zero-order valence-electron chi connectivity index (χ0n) is 9.72. The van der Waals surface area contributed by atoms with Gasteiger partial charge in [0.2, 0.25) is 0 Å². The highest BCUT2D eigenvalue weighted by molar-refractivity contribution is 6.33. The summed E-state index contributed by atoms with van der Waals surface area (Å²) < 4.78 is 1.71. The molecule has 5 nitrogen and oxygen atoms in total. The van der Waals surface area contributed by atoms with Crippen molar-refractivity contribution in [1.82, 2.24) is 9.78 Å². The molecule has 2 aromatic rings. The number of rotatable bonds is 4. The van der Waals surface area contributed by atoms with Crippen molar-refractivity contribution in [2.45, 2.75) is 6.54 Å². The summed E-state index contributed by atoms with van der Waals surface area (Å²) >= 11 is 5.99. The molecule has 0 aliphatic carbocycles. The first kappa shape index (κ1) is 12.4. The fourth-order valence-corrected chi connectivity index (χ4v) is 1.78. The van der Waals surface area contributed by atoms with Gasteiger partial charge in [0.05, 0.1) is 28.5 Å². The van der Waals surface area contributed by atoms with Crippen LogP contribution in [0.25, 0.3) is 0 Å². The molecule has 0 aliphatic heterocycles. The minimum Gasteiger partial charge on any atom is -0.478 e. The lowest BCUT2D eigenvalue weighted by Gasteiger charge is -2.07. The number of benzene rings is 1. The van der Waals surface area contributed by atoms with Gasteiger partial charge < -0.3 is 10.4 Å². The molecule has 0 unspecified atom stereocenters. The van der Waals surface area contributed by atoms with Crippen molar-refractivity contribution in [3.05, 3.63) is 46.7 Å². The van der Waals surface area contributed by atoms with Crippen molar-refractivity contribution in [1.29, 1.82) is 0 Å². The Hall–Kier alpha value is -2.01. The molecule has 94 valence electrons. The van der Waals surface area contributed by atoms with Gasteiger partial charge in [-0.15, -0.1) is 0 Å². The summed E-state index contributed by atoms with van der Waals surface area (Å²) in [6, 6.07) is 6.47. The molecule has 0 spiro atoms. The van der Waals surface area contributed by atoms with Crippen LogP contribution >= 0.6 is 11.6 Å². The molecule has 1 heterocycles. The minimum atomic E-state index is -0.992. The van der Waals surface area contributed by atoms with Gasteiger partial charge in [-0.3, -0.25) is 4.68 Å². The first-order chi connectivity index (χ1) is 8.56. The first-order valence-electron chi connectivity index (χ1n) is 5.31. The summed E-state index contributed by atoms with van der Waals surface area (Å²) in [5, 5.41) is 16.5. The van der Waals surface area contributed by atoms with Crippen molar-refractivity contribution >= 4 is 23.3 Å². The van der Waals surface area contributed by atoms with Crippen LogP contribution < -0.4 is 5.32 Å². The predicted octanol–water partition coefficient (Wildman–Crippen LogP) is 2.38. The van der Waals surface area contributed by atoms with E-state index in [1.54, 1.807) is 10.7 Å². The number of nitrogens with one attached hydrogen (secondary N) is 1. The molecule has 1 aromatic carbocycles. The number of carboxylic acid groups (broad SMARTS) is 1. The second-order valence-corrected chi connectivity index (χ2v) is 4.24. The Morgan fingerprint density at radius 1 is 1.50 bits per heavy atom. The Bertz CT molecular complexity index is 580. The van der Waals surface area contributed by atoms with Gasteiger partial charge in [0, 0.05) is 13.2 Å². The molecule has 0 aliphatic rings. The van der Waals surface area contributed by atoms with Crippen LogP contribution in [0.3, 0.4) is 0 Å². The second kappa shape index (κ2) is 5.10. The van der Waals surface area contributed by atoms with Crippen molar-refractivity contribution in [2.75, 3.05) is 5.32 Å². The van der Waals surface area contributed by atoms with E-state index in [1.165, 1.54) is 12.1 Å². The number of hydrogen-bond acceptors (Lipinski definition) is 3. The third kappa shape index (κ3) is 2.81. The zero-order valence-corrected chi connectivity index (χ0v) is 10.5. The van der Waals surface area contributed by atoms with Crippen LogP contribution in [0.2, 0.25) is 5.02 Å². The highest BCUT2D eigenvalue weighted by Gasteiger charge is 2.07. The predicted molar refractivity (Wildman–Crippen MR) is 68.9 cm³/mol. The number of anilines is 1. The molecular formula is C12H12ClN3O2. The summed E-state index contributed by atoms with van der Waals surface area (Å²) in [6.07, 6.45) is 1.85. The Labute approximate surface area is 109 Å². The number of carbonyl (C=O) groups is 1. The normalized spacial score (nSPS) is 10.3. The van der Waals surface area contributed by atoms with Gasteiger partial charge in [0.1, 0.15) is 0 Å². The molecule has 0 amide bonds. The summed E-state index contributed by atoms with van der Waals surface area (Å²) in [5.74, 6) is -0.992. The van der Waals surface area contributed by atoms with E-state index < -0.39 is 5.97 Å². The molecule has 2 rings (SSSR count). The molecule has 0 radical (unpaired) electrons. The molecule has 0 bridgehead atoms. The zero-order chi connectivity index (χ0) is 13.1. The molecule has 0 atom stereocenters. The average Bonchev–Trinajstić information content (AvgIpc) is 2.73. The van der Waals surface area contributed by atoms with Crippen molar-refractivity contribution < 1.29 is 9.90 Å². The smallest absolute Gasteiger partial charge is 0.335 e. The van der Waals surface area contributed by atoms with Crippen molar-refractivity contribution in [3.8, 4) is 0 Å². The summed E-state index contributed by atoms with van der Waals surface area (Å²) in [7, 11) is 1.85. The fraction of sp³-hybridized carbons (Fsp3) is 0.167. The first-order valence-corrected chi connectivity index (χ1v) is 5.69. The Balaban J connectivity index is 2.08. The lowest BCUT2D eigenvalue weighted by molar-refractivity contribution is 0.0697. The standard InChI is InChI=1S/C12H12ClN3O2/c1-16-5-4-9(15-16)7-14-11-3-2-8(12(17)18)6-10(11)13/h2-6,14H,7H2,1H3,(H,17,18). The Morgan fingerprint density at radius 2 is 2.28 bits per heavy atom. The van der Waals surface area contributed by atoms with E-state index >= 15 is 0 Å². The van der Waals surface area contributed by atoms with Crippen LogP contribution in [0.4, 0.5) is 5.69 Å². The number of aromatic nitrogens is 2. The lowest BCUT2D eigenvalue weighted by Crippen LogP contribution is -2.03.